The summed E-state index contributed by atoms with van der Waals surface area (Å²) < 4.78 is 5.81. The molecule has 0 bridgehead atoms. The maximum Gasteiger partial charge on any atom is 0.159 e. The highest BCUT2D eigenvalue weighted by molar-refractivity contribution is 5.94. The van der Waals surface area contributed by atoms with Crippen LogP contribution in [0.4, 0.5) is 0 Å². The molecule has 0 fully saturated rings. The summed E-state index contributed by atoms with van der Waals surface area (Å²) in [6.45, 7) is 1.43. The van der Waals surface area contributed by atoms with Gasteiger partial charge in [0.05, 0.1) is 40.8 Å². The normalized spacial score (nSPS) is 11.6. The smallest absolute Gasteiger partial charge is 0.159 e. The number of aromatic amines is 2. The number of imidazole rings is 1. The van der Waals surface area contributed by atoms with Crippen molar-refractivity contribution in [1.29, 1.82) is 0 Å². The van der Waals surface area contributed by atoms with Gasteiger partial charge in [0.2, 0.25) is 0 Å². The zero-order valence-electron chi connectivity index (χ0n) is 16.6. The SMILES string of the molecule is CN(C)CCOc1cncc(-c2cc3c(-c4nc5ccncc5[nH]4)n[nH]c3cn2)c1. The predicted octanol–water partition coefficient (Wildman–Crippen LogP) is 2.90. The molecule has 0 atom stereocenters. The fraction of sp³-hybridized carbons (Fsp3) is 0.190. The minimum atomic E-state index is 0.595. The summed E-state index contributed by atoms with van der Waals surface area (Å²) in [4.78, 5) is 23.0. The number of hydrogen-bond donors (Lipinski definition) is 2. The second kappa shape index (κ2) is 7.53. The van der Waals surface area contributed by atoms with Gasteiger partial charge in [0.25, 0.3) is 0 Å². The van der Waals surface area contributed by atoms with E-state index in [9.17, 15) is 0 Å². The largest absolute Gasteiger partial charge is 0.491 e. The van der Waals surface area contributed by atoms with Gasteiger partial charge in [0, 0.05) is 29.9 Å². The Morgan fingerprint density at radius 3 is 2.83 bits per heavy atom. The average molecular weight is 400 g/mol. The van der Waals surface area contributed by atoms with Crippen LogP contribution in [0.15, 0.2) is 49.2 Å². The second-order valence-corrected chi connectivity index (χ2v) is 7.23. The number of H-pyrrole nitrogens is 2. The molecule has 0 radical (unpaired) electrons. The van der Waals surface area contributed by atoms with E-state index in [2.05, 4.69) is 40.0 Å². The molecule has 0 aromatic carbocycles. The molecule has 5 rings (SSSR count). The summed E-state index contributed by atoms with van der Waals surface area (Å²) >= 11 is 0. The van der Waals surface area contributed by atoms with Gasteiger partial charge in [-0.2, -0.15) is 5.10 Å². The van der Waals surface area contributed by atoms with Crippen LogP contribution in [0.3, 0.4) is 0 Å². The first-order valence-electron chi connectivity index (χ1n) is 9.54. The molecule has 5 heterocycles. The van der Waals surface area contributed by atoms with E-state index in [1.807, 2.05) is 32.3 Å². The van der Waals surface area contributed by atoms with Gasteiger partial charge in [-0.1, -0.05) is 0 Å². The summed E-state index contributed by atoms with van der Waals surface area (Å²) in [6, 6.07) is 5.80. The molecule has 5 aromatic rings. The van der Waals surface area contributed by atoms with Gasteiger partial charge in [-0.3, -0.25) is 20.1 Å². The Balaban J connectivity index is 1.50. The lowest BCUT2D eigenvalue weighted by Crippen LogP contribution is -2.19. The van der Waals surface area contributed by atoms with E-state index in [1.165, 1.54) is 0 Å². The highest BCUT2D eigenvalue weighted by Gasteiger charge is 2.14. The Kier molecular flexibility index (Phi) is 4.56. The summed E-state index contributed by atoms with van der Waals surface area (Å²) in [7, 11) is 4.02. The molecule has 0 aliphatic heterocycles. The van der Waals surface area contributed by atoms with Crippen LogP contribution in [0.25, 0.3) is 44.7 Å². The first kappa shape index (κ1) is 18.2. The summed E-state index contributed by atoms with van der Waals surface area (Å²) in [5.74, 6) is 1.40. The van der Waals surface area contributed by atoms with Crippen molar-refractivity contribution < 1.29 is 4.74 Å². The molecule has 9 nitrogen and oxygen atoms in total. The monoisotopic (exact) mass is 400 g/mol. The molecule has 5 aromatic heterocycles. The third-order valence-corrected chi connectivity index (χ3v) is 4.77. The number of likely N-dealkylation sites (N-methyl/N-ethyl adjacent to an activating group) is 1. The number of aromatic nitrogens is 7. The van der Waals surface area contributed by atoms with E-state index in [-0.39, 0.29) is 0 Å². The standard InChI is InChI=1S/C21H20N8O/c1-29(2)5-6-30-14-7-13(9-23-10-14)17-8-15-18(12-24-17)27-28-20(15)21-25-16-3-4-22-11-19(16)26-21/h3-4,7-12H,5-6H2,1-2H3,(H,25,26)(H,27,28). The van der Waals surface area contributed by atoms with Crippen LogP contribution in [0, 0.1) is 0 Å². The molecule has 150 valence electrons. The van der Waals surface area contributed by atoms with Gasteiger partial charge in [-0.15, -0.1) is 0 Å². The topological polar surface area (TPSA) is 109 Å². The molecular weight excluding hydrogens is 380 g/mol. The Labute approximate surface area is 172 Å². The third kappa shape index (κ3) is 3.46. The van der Waals surface area contributed by atoms with E-state index in [0.29, 0.717) is 18.2 Å². The van der Waals surface area contributed by atoms with E-state index < -0.39 is 0 Å². The molecule has 0 unspecified atom stereocenters. The van der Waals surface area contributed by atoms with Crippen LogP contribution in [-0.2, 0) is 0 Å². The van der Waals surface area contributed by atoms with Crippen LogP contribution in [0.1, 0.15) is 0 Å². The van der Waals surface area contributed by atoms with Gasteiger partial charge in [-0.05, 0) is 32.3 Å². The minimum Gasteiger partial charge on any atom is -0.491 e. The van der Waals surface area contributed by atoms with Crippen molar-refractivity contribution in [1.82, 2.24) is 40.0 Å². The zero-order chi connectivity index (χ0) is 20.5. The van der Waals surface area contributed by atoms with Crippen molar-refractivity contribution in [3.05, 3.63) is 49.2 Å². The summed E-state index contributed by atoms with van der Waals surface area (Å²) in [6.07, 6.45) is 8.73. The van der Waals surface area contributed by atoms with Crippen molar-refractivity contribution in [3.63, 3.8) is 0 Å². The van der Waals surface area contributed by atoms with Gasteiger partial charge in [0.1, 0.15) is 18.1 Å². The molecule has 0 spiro atoms. The van der Waals surface area contributed by atoms with E-state index >= 15 is 0 Å². The fourth-order valence-corrected chi connectivity index (χ4v) is 3.21. The van der Waals surface area contributed by atoms with Crippen molar-refractivity contribution in [3.8, 4) is 28.5 Å². The van der Waals surface area contributed by atoms with Crippen LogP contribution < -0.4 is 4.74 Å². The van der Waals surface area contributed by atoms with Crippen molar-refractivity contribution in [2.45, 2.75) is 0 Å². The third-order valence-electron chi connectivity index (χ3n) is 4.77. The lowest BCUT2D eigenvalue weighted by molar-refractivity contribution is 0.261. The van der Waals surface area contributed by atoms with E-state index in [0.717, 1.165) is 45.4 Å². The molecule has 9 heteroatoms. The first-order chi connectivity index (χ1) is 14.7. The van der Waals surface area contributed by atoms with Gasteiger partial charge >= 0.3 is 0 Å². The first-order valence-corrected chi connectivity index (χ1v) is 9.54. The highest BCUT2D eigenvalue weighted by atomic mass is 16.5. The van der Waals surface area contributed by atoms with E-state index in [4.69, 9.17) is 4.74 Å². The zero-order valence-corrected chi connectivity index (χ0v) is 16.6. The molecule has 0 saturated heterocycles. The molecule has 2 N–H and O–H groups in total. The quantitative estimate of drug-likeness (QED) is 0.451. The number of ether oxygens (including phenoxy) is 1. The van der Waals surface area contributed by atoms with Crippen molar-refractivity contribution >= 4 is 21.9 Å². The number of hydrogen-bond acceptors (Lipinski definition) is 7. The predicted molar refractivity (Wildman–Crippen MR) is 114 cm³/mol. The van der Waals surface area contributed by atoms with Gasteiger partial charge in [-0.25, -0.2) is 4.98 Å². The number of nitrogens with zero attached hydrogens (tertiary/aromatic N) is 6. The van der Waals surface area contributed by atoms with Crippen molar-refractivity contribution in [2.75, 3.05) is 27.2 Å². The molecule has 0 amide bonds. The maximum atomic E-state index is 5.81. The molecule has 0 aliphatic carbocycles. The lowest BCUT2D eigenvalue weighted by Gasteiger charge is -2.11. The lowest BCUT2D eigenvalue weighted by atomic mass is 10.1. The Hall–Kier alpha value is -3.85. The average Bonchev–Trinajstić information content (AvgIpc) is 3.37. The number of fused-ring (bicyclic) bond motifs is 2. The van der Waals surface area contributed by atoms with Gasteiger partial charge in [0.15, 0.2) is 5.82 Å². The Morgan fingerprint density at radius 1 is 1.03 bits per heavy atom. The van der Waals surface area contributed by atoms with Crippen LogP contribution in [0.5, 0.6) is 5.75 Å². The molecule has 30 heavy (non-hydrogen) atoms. The number of pyridine rings is 3. The second-order valence-electron chi connectivity index (χ2n) is 7.23. The summed E-state index contributed by atoms with van der Waals surface area (Å²) in [5.41, 5.74) is 4.94. The summed E-state index contributed by atoms with van der Waals surface area (Å²) in [5, 5.41) is 8.39. The molecular formula is C21H20N8O. The maximum absolute atomic E-state index is 5.81. The van der Waals surface area contributed by atoms with Crippen molar-refractivity contribution in [2.24, 2.45) is 0 Å². The Morgan fingerprint density at radius 2 is 1.97 bits per heavy atom. The van der Waals surface area contributed by atoms with Crippen LogP contribution >= 0.6 is 0 Å². The molecule has 0 aliphatic rings. The Bertz CT molecular complexity index is 1290. The van der Waals surface area contributed by atoms with Crippen LogP contribution in [0.2, 0.25) is 0 Å². The van der Waals surface area contributed by atoms with E-state index in [1.54, 1.807) is 31.0 Å². The van der Waals surface area contributed by atoms with Gasteiger partial charge < -0.3 is 14.6 Å². The highest BCUT2D eigenvalue weighted by Crippen LogP contribution is 2.29. The number of nitrogens with one attached hydrogen (secondary N) is 2. The van der Waals surface area contributed by atoms with Crippen LogP contribution in [-0.4, -0.2) is 67.3 Å². The fourth-order valence-electron chi connectivity index (χ4n) is 3.21. The minimum absolute atomic E-state index is 0.595. The number of rotatable bonds is 6. The molecule has 0 saturated carbocycles.